The monoisotopic (exact) mass is 369 g/mol. The van der Waals surface area contributed by atoms with Crippen LogP contribution >= 0.6 is 22.6 Å². The van der Waals surface area contributed by atoms with Gasteiger partial charge in [-0.15, -0.1) is 0 Å². The summed E-state index contributed by atoms with van der Waals surface area (Å²) >= 11 is 2.12. The number of hydrogen-bond acceptors (Lipinski definition) is 3. The van der Waals surface area contributed by atoms with Gasteiger partial charge in [-0.1, -0.05) is 42.5 Å². The molecule has 0 aromatic heterocycles. The Hall–Kier alpha value is -1.76. The van der Waals surface area contributed by atoms with Crippen LogP contribution in [0.1, 0.15) is 5.56 Å². The molecule has 0 unspecified atom stereocenters. The quantitative estimate of drug-likeness (QED) is 0.663. The van der Waals surface area contributed by atoms with E-state index in [-0.39, 0.29) is 6.61 Å². The van der Waals surface area contributed by atoms with Crippen LogP contribution in [0.4, 0.5) is 4.79 Å². The molecule has 0 aliphatic rings. The molecule has 0 heterocycles. The first-order valence-corrected chi connectivity index (χ1v) is 6.71. The molecule has 0 bridgehead atoms. The fourth-order valence-electron chi connectivity index (χ4n) is 1.38. The van der Waals surface area contributed by atoms with E-state index in [0.29, 0.717) is 5.75 Å². The highest BCUT2D eigenvalue weighted by Gasteiger charge is 2.05. The van der Waals surface area contributed by atoms with Crippen molar-refractivity contribution in [3.8, 4) is 5.75 Å². The van der Waals surface area contributed by atoms with Crippen molar-refractivity contribution in [3.05, 3.63) is 63.7 Å². The lowest BCUT2D eigenvalue weighted by molar-refractivity contribution is 0.0944. The number of benzene rings is 2. The molecule has 2 rings (SSSR count). The number of nitrogens with one attached hydrogen (secondary N) is 1. The van der Waals surface area contributed by atoms with Crippen LogP contribution in [0.3, 0.4) is 0 Å². The first-order valence-electron chi connectivity index (χ1n) is 5.64. The van der Waals surface area contributed by atoms with E-state index in [0.717, 1.165) is 9.13 Å². The van der Waals surface area contributed by atoms with Crippen molar-refractivity contribution in [1.29, 1.82) is 0 Å². The number of carbonyl (C=O) groups is 1. The third-order valence-corrected chi connectivity index (χ3v) is 3.18. The Morgan fingerprint density at radius 2 is 1.74 bits per heavy atom. The van der Waals surface area contributed by atoms with Crippen molar-refractivity contribution in [2.24, 2.45) is 0 Å². The van der Waals surface area contributed by atoms with E-state index in [1.165, 1.54) is 0 Å². The number of hydrogen-bond donors (Lipinski definition) is 1. The predicted molar refractivity (Wildman–Crippen MR) is 79.5 cm³/mol. The van der Waals surface area contributed by atoms with Gasteiger partial charge in [0.1, 0.15) is 6.61 Å². The summed E-state index contributed by atoms with van der Waals surface area (Å²) in [5.41, 5.74) is 3.17. The second-order valence-electron chi connectivity index (χ2n) is 3.70. The van der Waals surface area contributed by atoms with E-state index < -0.39 is 6.09 Å². The number of hydroxylamine groups is 1. The van der Waals surface area contributed by atoms with Gasteiger partial charge in [0.05, 0.1) is 3.57 Å². The lowest BCUT2D eigenvalue weighted by Gasteiger charge is -2.09. The fourth-order valence-corrected chi connectivity index (χ4v) is 1.87. The van der Waals surface area contributed by atoms with E-state index in [1.807, 2.05) is 48.5 Å². The molecule has 1 N–H and O–H groups in total. The summed E-state index contributed by atoms with van der Waals surface area (Å²) < 4.78 is 5.92. The second kappa shape index (κ2) is 6.98. The lowest BCUT2D eigenvalue weighted by Crippen LogP contribution is -2.27. The Balaban J connectivity index is 1.78. The molecule has 98 valence electrons. The van der Waals surface area contributed by atoms with Gasteiger partial charge in [0, 0.05) is 0 Å². The topological polar surface area (TPSA) is 47.6 Å². The van der Waals surface area contributed by atoms with Crippen LogP contribution in [0.2, 0.25) is 0 Å². The zero-order valence-electron chi connectivity index (χ0n) is 10.0. The third-order valence-electron chi connectivity index (χ3n) is 2.29. The minimum Gasteiger partial charge on any atom is -0.443 e. The molecule has 5 heteroatoms. The first kappa shape index (κ1) is 13.7. The fraction of sp³-hybridized carbons (Fsp3) is 0.0714. The minimum atomic E-state index is -0.622. The van der Waals surface area contributed by atoms with E-state index >= 15 is 0 Å². The molecular weight excluding hydrogens is 357 g/mol. The first-order chi connectivity index (χ1) is 9.25. The van der Waals surface area contributed by atoms with Crippen molar-refractivity contribution in [2.75, 3.05) is 0 Å². The summed E-state index contributed by atoms with van der Waals surface area (Å²) in [6.07, 6.45) is -0.622. The van der Waals surface area contributed by atoms with Gasteiger partial charge in [-0.2, -0.15) is 5.48 Å². The maximum Gasteiger partial charge on any atom is 0.440 e. The summed E-state index contributed by atoms with van der Waals surface area (Å²) in [5, 5.41) is 0. The summed E-state index contributed by atoms with van der Waals surface area (Å²) in [6, 6.07) is 16.8. The normalized spacial score (nSPS) is 9.74. The Bertz CT molecular complexity index is 545. The zero-order chi connectivity index (χ0) is 13.5. The van der Waals surface area contributed by atoms with Gasteiger partial charge < -0.3 is 9.57 Å². The Labute approximate surface area is 124 Å². The Morgan fingerprint density at radius 3 is 2.47 bits per heavy atom. The van der Waals surface area contributed by atoms with Gasteiger partial charge >= 0.3 is 6.09 Å². The molecule has 2 aromatic rings. The van der Waals surface area contributed by atoms with E-state index in [2.05, 4.69) is 28.1 Å². The molecule has 0 aliphatic carbocycles. The second-order valence-corrected chi connectivity index (χ2v) is 4.86. The van der Waals surface area contributed by atoms with Gasteiger partial charge in [-0.3, -0.25) is 0 Å². The highest BCUT2D eigenvalue weighted by molar-refractivity contribution is 14.1. The molecule has 0 radical (unpaired) electrons. The Kier molecular flexibility index (Phi) is 5.02. The number of amides is 1. The van der Waals surface area contributed by atoms with Crippen molar-refractivity contribution in [2.45, 2.75) is 6.61 Å². The maximum absolute atomic E-state index is 11.4. The van der Waals surface area contributed by atoms with Crippen molar-refractivity contribution < 1.29 is 14.4 Å². The average molecular weight is 369 g/mol. The number of para-hydroxylation sites is 1. The Morgan fingerprint density at radius 1 is 1.05 bits per heavy atom. The molecular formula is C14H12INO3. The van der Waals surface area contributed by atoms with Gasteiger partial charge in [-0.05, 0) is 40.3 Å². The maximum atomic E-state index is 11.4. The molecule has 0 spiro atoms. The molecule has 0 atom stereocenters. The number of carbonyl (C=O) groups excluding carboxylic acids is 1. The minimum absolute atomic E-state index is 0.210. The smallest absolute Gasteiger partial charge is 0.440 e. The van der Waals surface area contributed by atoms with Crippen LogP contribution in [0, 0.1) is 3.57 Å². The van der Waals surface area contributed by atoms with Crippen LogP contribution in [-0.4, -0.2) is 6.09 Å². The summed E-state index contributed by atoms with van der Waals surface area (Å²) in [5.74, 6) is 0.583. The highest BCUT2D eigenvalue weighted by Crippen LogP contribution is 2.18. The van der Waals surface area contributed by atoms with E-state index in [1.54, 1.807) is 6.07 Å². The standard InChI is InChI=1S/C14H12INO3/c15-12-8-4-5-9-13(12)19-16-14(17)18-10-11-6-2-1-3-7-11/h1-9H,10H2,(H,16,17). The van der Waals surface area contributed by atoms with Crippen LogP contribution in [-0.2, 0) is 11.3 Å². The summed E-state index contributed by atoms with van der Waals surface area (Å²) in [7, 11) is 0. The zero-order valence-corrected chi connectivity index (χ0v) is 12.2. The van der Waals surface area contributed by atoms with Crippen molar-refractivity contribution in [1.82, 2.24) is 5.48 Å². The summed E-state index contributed by atoms with van der Waals surface area (Å²) in [6.45, 7) is 0.210. The largest absolute Gasteiger partial charge is 0.443 e. The van der Waals surface area contributed by atoms with Gasteiger partial charge in [-0.25, -0.2) is 4.79 Å². The van der Waals surface area contributed by atoms with Gasteiger partial charge in [0.15, 0.2) is 5.75 Å². The molecule has 0 saturated heterocycles. The molecule has 0 fully saturated rings. The molecule has 1 amide bonds. The van der Waals surface area contributed by atoms with Crippen molar-refractivity contribution in [3.63, 3.8) is 0 Å². The van der Waals surface area contributed by atoms with E-state index in [9.17, 15) is 4.79 Å². The molecule has 4 nitrogen and oxygen atoms in total. The highest BCUT2D eigenvalue weighted by atomic mass is 127. The van der Waals surface area contributed by atoms with Crippen molar-refractivity contribution >= 4 is 28.7 Å². The third kappa shape index (κ3) is 4.44. The summed E-state index contributed by atoms with van der Waals surface area (Å²) in [4.78, 5) is 16.6. The molecule has 19 heavy (non-hydrogen) atoms. The number of ether oxygens (including phenoxy) is 1. The van der Waals surface area contributed by atoms with E-state index in [4.69, 9.17) is 9.57 Å². The number of rotatable bonds is 4. The van der Waals surface area contributed by atoms with Gasteiger partial charge in [0.25, 0.3) is 0 Å². The van der Waals surface area contributed by atoms with Crippen LogP contribution in [0.25, 0.3) is 0 Å². The average Bonchev–Trinajstić information content (AvgIpc) is 2.45. The SMILES string of the molecule is O=C(NOc1ccccc1I)OCc1ccccc1. The lowest BCUT2D eigenvalue weighted by atomic mass is 10.2. The van der Waals surface area contributed by atoms with Crippen LogP contribution < -0.4 is 10.3 Å². The van der Waals surface area contributed by atoms with Gasteiger partial charge in [0.2, 0.25) is 0 Å². The van der Waals surface area contributed by atoms with Crippen LogP contribution in [0.5, 0.6) is 5.75 Å². The van der Waals surface area contributed by atoms with Crippen LogP contribution in [0.15, 0.2) is 54.6 Å². The number of halogens is 1. The molecule has 0 aliphatic heterocycles. The molecule has 0 saturated carbocycles. The predicted octanol–water partition coefficient (Wildman–Crippen LogP) is 3.51. The molecule has 2 aromatic carbocycles.